The van der Waals surface area contributed by atoms with E-state index in [9.17, 15) is 0 Å². The molecule has 2 heterocycles. The summed E-state index contributed by atoms with van der Waals surface area (Å²) < 4.78 is 1.05. The summed E-state index contributed by atoms with van der Waals surface area (Å²) in [7, 11) is 0. The van der Waals surface area contributed by atoms with Crippen LogP contribution in [0.15, 0.2) is 34.9 Å². The van der Waals surface area contributed by atoms with Crippen LogP contribution in [0.1, 0.15) is 11.1 Å². The second-order valence-electron chi connectivity index (χ2n) is 4.37. The minimum Gasteiger partial charge on any atom is -0.336 e. The molecule has 2 aromatic heterocycles. The van der Waals surface area contributed by atoms with Gasteiger partial charge in [-0.15, -0.1) is 0 Å². The second kappa shape index (κ2) is 4.21. The highest BCUT2D eigenvalue weighted by Crippen LogP contribution is 2.26. The van der Waals surface area contributed by atoms with Gasteiger partial charge in [0.05, 0.1) is 5.52 Å². The van der Waals surface area contributed by atoms with Crippen molar-refractivity contribution in [2.75, 3.05) is 0 Å². The van der Waals surface area contributed by atoms with Gasteiger partial charge in [-0.25, -0.2) is 9.97 Å². The molecule has 0 saturated heterocycles. The van der Waals surface area contributed by atoms with E-state index in [4.69, 9.17) is 0 Å². The number of H-pyrrole nitrogens is 1. The van der Waals surface area contributed by atoms with Crippen LogP contribution < -0.4 is 0 Å². The lowest BCUT2D eigenvalue weighted by Crippen LogP contribution is -1.85. The first-order chi connectivity index (χ1) is 8.65. The first kappa shape index (κ1) is 11.4. The number of pyridine rings is 1. The first-order valence-corrected chi connectivity index (χ1v) is 6.52. The molecule has 0 aliphatic rings. The van der Waals surface area contributed by atoms with E-state index in [2.05, 4.69) is 56.9 Å². The summed E-state index contributed by atoms with van der Waals surface area (Å²) in [6, 6.07) is 8.16. The van der Waals surface area contributed by atoms with Gasteiger partial charge in [0.15, 0.2) is 5.65 Å². The smallest absolute Gasteiger partial charge is 0.178 e. The fraction of sp³-hybridized carbons (Fsp3) is 0.143. The summed E-state index contributed by atoms with van der Waals surface area (Å²) in [5.41, 5.74) is 5.22. The number of halogens is 1. The first-order valence-electron chi connectivity index (χ1n) is 5.73. The lowest BCUT2D eigenvalue weighted by atomic mass is 10.1. The lowest BCUT2D eigenvalue weighted by molar-refractivity contribution is 1.28. The summed E-state index contributed by atoms with van der Waals surface area (Å²) in [6.07, 6.45) is 1.79. The Bertz CT molecular complexity index is 731. The van der Waals surface area contributed by atoms with Crippen molar-refractivity contribution in [3.63, 3.8) is 0 Å². The predicted octanol–water partition coefficient (Wildman–Crippen LogP) is 4.00. The van der Waals surface area contributed by atoms with Gasteiger partial charge in [-0.3, -0.25) is 0 Å². The number of fused-ring (bicyclic) bond motifs is 1. The Balaban J connectivity index is 2.26. The van der Waals surface area contributed by atoms with E-state index >= 15 is 0 Å². The second-order valence-corrected chi connectivity index (χ2v) is 5.29. The van der Waals surface area contributed by atoms with Crippen LogP contribution in [-0.2, 0) is 0 Å². The number of nitrogens with one attached hydrogen (secondary N) is 1. The Kier molecular flexibility index (Phi) is 2.67. The highest BCUT2D eigenvalue weighted by atomic mass is 79.9. The van der Waals surface area contributed by atoms with Crippen molar-refractivity contribution in [1.82, 2.24) is 15.0 Å². The van der Waals surface area contributed by atoms with Gasteiger partial charge >= 0.3 is 0 Å². The van der Waals surface area contributed by atoms with Crippen LogP contribution in [0.3, 0.4) is 0 Å². The van der Waals surface area contributed by atoms with Crippen LogP contribution in [0.25, 0.3) is 22.6 Å². The number of aromatic nitrogens is 3. The summed E-state index contributed by atoms with van der Waals surface area (Å²) in [6.45, 7) is 4.13. The van der Waals surface area contributed by atoms with Gasteiger partial charge in [-0.05, 0) is 43.2 Å². The molecule has 0 bridgehead atoms. The molecule has 0 amide bonds. The Labute approximate surface area is 113 Å². The zero-order valence-corrected chi connectivity index (χ0v) is 11.7. The maximum absolute atomic E-state index is 4.56. The van der Waals surface area contributed by atoms with Crippen LogP contribution >= 0.6 is 15.9 Å². The van der Waals surface area contributed by atoms with Crippen molar-refractivity contribution >= 4 is 27.1 Å². The van der Waals surface area contributed by atoms with Crippen LogP contribution in [0, 0.1) is 13.8 Å². The van der Waals surface area contributed by atoms with Gasteiger partial charge < -0.3 is 4.98 Å². The van der Waals surface area contributed by atoms with E-state index in [-0.39, 0.29) is 0 Å². The van der Waals surface area contributed by atoms with E-state index in [1.165, 1.54) is 5.56 Å². The standard InChI is InChI=1S/C14H12BrN3/c1-8-3-4-10(15)7-11(8)13-17-12-9(2)5-6-16-14(12)18-13/h3-7H,1-2H3,(H,16,17,18). The number of hydrogen-bond donors (Lipinski definition) is 1. The number of aryl methyl sites for hydroxylation is 2. The molecule has 0 aliphatic heterocycles. The minimum absolute atomic E-state index is 0.768. The largest absolute Gasteiger partial charge is 0.336 e. The van der Waals surface area contributed by atoms with E-state index < -0.39 is 0 Å². The van der Waals surface area contributed by atoms with Crippen molar-refractivity contribution in [2.45, 2.75) is 13.8 Å². The molecule has 4 heteroatoms. The maximum atomic E-state index is 4.56. The monoisotopic (exact) mass is 301 g/mol. The minimum atomic E-state index is 0.768. The summed E-state index contributed by atoms with van der Waals surface area (Å²) in [5.74, 6) is 0.866. The summed E-state index contributed by atoms with van der Waals surface area (Å²) in [4.78, 5) is 12.2. The Hall–Kier alpha value is -1.68. The normalized spacial score (nSPS) is 11.1. The summed E-state index contributed by atoms with van der Waals surface area (Å²) >= 11 is 3.49. The molecule has 0 fully saturated rings. The molecule has 1 aromatic carbocycles. The summed E-state index contributed by atoms with van der Waals surface area (Å²) in [5, 5.41) is 0. The van der Waals surface area contributed by atoms with Crippen molar-refractivity contribution in [2.24, 2.45) is 0 Å². The SMILES string of the molecule is Cc1ccc(Br)cc1-c1nc2nccc(C)c2[nH]1. The number of aromatic amines is 1. The van der Waals surface area contributed by atoms with Crippen molar-refractivity contribution in [1.29, 1.82) is 0 Å². The fourth-order valence-electron chi connectivity index (χ4n) is 2.01. The third-order valence-corrected chi connectivity index (χ3v) is 3.55. The van der Waals surface area contributed by atoms with Gasteiger partial charge in [-0.2, -0.15) is 0 Å². The molecule has 0 saturated carbocycles. The van der Waals surface area contributed by atoms with E-state index in [0.29, 0.717) is 0 Å². The van der Waals surface area contributed by atoms with Gasteiger partial charge in [0.1, 0.15) is 5.82 Å². The maximum Gasteiger partial charge on any atom is 0.178 e. The Morgan fingerprint density at radius 2 is 1.94 bits per heavy atom. The number of rotatable bonds is 1. The molecule has 3 nitrogen and oxygen atoms in total. The Morgan fingerprint density at radius 3 is 2.72 bits per heavy atom. The van der Waals surface area contributed by atoms with Crippen LogP contribution in [0.4, 0.5) is 0 Å². The number of imidazole rings is 1. The van der Waals surface area contributed by atoms with Gasteiger partial charge in [-0.1, -0.05) is 22.0 Å². The van der Waals surface area contributed by atoms with E-state index in [1.54, 1.807) is 6.20 Å². The molecule has 0 aliphatic carbocycles. The molecular formula is C14H12BrN3. The molecule has 0 spiro atoms. The molecule has 3 aromatic rings. The topological polar surface area (TPSA) is 41.6 Å². The lowest BCUT2D eigenvalue weighted by Gasteiger charge is -2.02. The number of nitrogens with zero attached hydrogens (tertiary/aromatic N) is 2. The quantitative estimate of drug-likeness (QED) is 0.738. The number of benzene rings is 1. The van der Waals surface area contributed by atoms with Crippen molar-refractivity contribution < 1.29 is 0 Å². The Morgan fingerprint density at radius 1 is 1.11 bits per heavy atom. The molecule has 0 atom stereocenters. The third-order valence-electron chi connectivity index (χ3n) is 3.06. The average Bonchev–Trinajstić information content (AvgIpc) is 2.77. The molecule has 0 unspecified atom stereocenters. The molecular weight excluding hydrogens is 290 g/mol. The fourth-order valence-corrected chi connectivity index (χ4v) is 2.37. The average molecular weight is 302 g/mol. The van der Waals surface area contributed by atoms with E-state index in [0.717, 1.165) is 32.6 Å². The van der Waals surface area contributed by atoms with Crippen LogP contribution in [0.5, 0.6) is 0 Å². The van der Waals surface area contributed by atoms with Crippen LogP contribution in [0.2, 0.25) is 0 Å². The highest BCUT2D eigenvalue weighted by Gasteiger charge is 2.10. The third kappa shape index (κ3) is 1.82. The highest BCUT2D eigenvalue weighted by molar-refractivity contribution is 9.10. The van der Waals surface area contributed by atoms with Gasteiger partial charge in [0, 0.05) is 16.2 Å². The molecule has 0 radical (unpaired) electrons. The van der Waals surface area contributed by atoms with Crippen LogP contribution in [-0.4, -0.2) is 15.0 Å². The molecule has 3 rings (SSSR count). The molecule has 18 heavy (non-hydrogen) atoms. The number of hydrogen-bond acceptors (Lipinski definition) is 2. The zero-order chi connectivity index (χ0) is 12.7. The van der Waals surface area contributed by atoms with Gasteiger partial charge in [0.25, 0.3) is 0 Å². The molecule has 1 N–H and O–H groups in total. The molecule has 90 valence electrons. The van der Waals surface area contributed by atoms with E-state index in [1.807, 2.05) is 12.1 Å². The van der Waals surface area contributed by atoms with Crippen molar-refractivity contribution in [3.8, 4) is 11.4 Å². The van der Waals surface area contributed by atoms with Crippen molar-refractivity contribution in [3.05, 3.63) is 46.1 Å². The zero-order valence-electron chi connectivity index (χ0n) is 10.2. The van der Waals surface area contributed by atoms with Gasteiger partial charge in [0.2, 0.25) is 0 Å². The predicted molar refractivity (Wildman–Crippen MR) is 76.5 cm³/mol.